The van der Waals surface area contributed by atoms with Gasteiger partial charge in [0.1, 0.15) is 0 Å². The predicted octanol–water partition coefficient (Wildman–Crippen LogP) is 4.57. The Morgan fingerprint density at radius 1 is 1.00 bits per heavy atom. The molecule has 5 heteroatoms. The fraction of sp³-hybridized carbons (Fsp3) is 0.0455. The van der Waals surface area contributed by atoms with Crippen molar-refractivity contribution in [3.63, 3.8) is 0 Å². The third-order valence-electron chi connectivity index (χ3n) is 4.35. The topological polar surface area (TPSA) is 74.8 Å². The fourth-order valence-corrected chi connectivity index (χ4v) is 3.02. The van der Waals surface area contributed by atoms with E-state index >= 15 is 0 Å². The van der Waals surface area contributed by atoms with Crippen molar-refractivity contribution in [1.29, 1.82) is 0 Å². The first kappa shape index (κ1) is 16.7. The predicted molar refractivity (Wildman–Crippen MR) is 108 cm³/mol. The van der Waals surface area contributed by atoms with E-state index in [9.17, 15) is 9.59 Å². The molecule has 4 rings (SSSR count). The van der Waals surface area contributed by atoms with E-state index < -0.39 is 0 Å². The van der Waals surface area contributed by atoms with Crippen molar-refractivity contribution < 1.29 is 9.59 Å². The van der Waals surface area contributed by atoms with E-state index in [1.165, 1.54) is 13.0 Å². The molecule has 2 aromatic carbocycles. The number of nitrogens with zero attached hydrogens (tertiary/aromatic N) is 1. The quantitative estimate of drug-likeness (QED) is 0.416. The lowest BCUT2D eigenvalue weighted by Gasteiger charge is -2.03. The third kappa shape index (κ3) is 3.48. The van der Waals surface area contributed by atoms with E-state index in [0.29, 0.717) is 16.9 Å². The van der Waals surface area contributed by atoms with E-state index in [1.807, 2.05) is 24.3 Å². The number of para-hydroxylation sites is 1. The zero-order valence-corrected chi connectivity index (χ0v) is 14.7. The minimum Gasteiger partial charge on any atom is -0.353 e. The zero-order chi connectivity index (χ0) is 18.8. The van der Waals surface area contributed by atoms with Crippen LogP contribution in [0.25, 0.3) is 27.9 Å². The largest absolute Gasteiger partial charge is 0.353 e. The summed E-state index contributed by atoms with van der Waals surface area (Å²) in [7, 11) is 0. The molecule has 0 aliphatic heterocycles. The van der Waals surface area contributed by atoms with Crippen molar-refractivity contribution in [2.24, 2.45) is 0 Å². The first-order valence-electron chi connectivity index (χ1n) is 8.57. The summed E-state index contributed by atoms with van der Waals surface area (Å²) in [6.45, 7) is 1.49. The SMILES string of the molecule is CC(=O)c1cccc(NC(=O)/C=C/c2cc3c(cn2)[nH]c2ccccc23)c1. The normalized spacial score (nSPS) is 11.3. The van der Waals surface area contributed by atoms with Gasteiger partial charge in [-0.3, -0.25) is 14.6 Å². The number of carbonyl (C=O) groups excluding carboxylic acids is 2. The smallest absolute Gasteiger partial charge is 0.248 e. The molecular formula is C22H17N3O2. The number of ketones is 1. The van der Waals surface area contributed by atoms with Crippen LogP contribution in [0.5, 0.6) is 0 Å². The maximum absolute atomic E-state index is 12.2. The average Bonchev–Trinajstić information content (AvgIpc) is 3.04. The molecular weight excluding hydrogens is 338 g/mol. The van der Waals surface area contributed by atoms with E-state index in [4.69, 9.17) is 0 Å². The number of Topliss-reactive ketones (excluding diaryl/α,β-unsaturated/α-hetero) is 1. The second kappa shape index (κ2) is 6.88. The Balaban J connectivity index is 1.55. The number of pyridine rings is 1. The second-order valence-electron chi connectivity index (χ2n) is 6.28. The van der Waals surface area contributed by atoms with Crippen LogP contribution in [-0.2, 0) is 4.79 Å². The standard InChI is InChI=1S/C22H17N3O2/c1-14(26)15-5-4-6-17(11-15)24-22(27)10-9-16-12-19-18-7-2-3-8-20(18)25-21(19)13-23-16/h2-13,25H,1H3,(H,24,27)/b10-9+. The Hall–Kier alpha value is -3.73. The number of aromatic amines is 1. The molecule has 0 spiro atoms. The first-order valence-corrected chi connectivity index (χ1v) is 8.57. The van der Waals surface area contributed by atoms with Gasteiger partial charge in [0.25, 0.3) is 0 Å². The lowest BCUT2D eigenvalue weighted by molar-refractivity contribution is -0.111. The Kier molecular flexibility index (Phi) is 4.26. The number of anilines is 1. The monoisotopic (exact) mass is 355 g/mol. The Morgan fingerprint density at radius 3 is 2.70 bits per heavy atom. The van der Waals surface area contributed by atoms with Crippen LogP contribution in [0.15, 0.2) is 66.9 Å². The van der Waals surface area contributed by atoms with Crippen LogP contribution in [-0.4, -0.2) is 21.7 Å². The first-order chi connectivity index (χ1) is 13.1. The number of hydrogen-bond donors (Lipinski definition) is 2. The summed E-state index contributed by atoms with van der Waals surface area (Å²) in [5.74, 6) is -0.325. The Labute approximate surface area is 155 Å². The summed E-state index contributed by atoms with van der Waals surface area (Å²) >= 11 is 0. The van der Waals surface area contributed by atoms with Gasteiger partial charge < -0.3 is 10.3 Å². The van der Waals surface area contributed by atoms with Crippen molar-refractivity contribution in [3.8, 4) is 0 Å². The van der Waals surface area contributed by atoms with Crippen molar-refractivity contribution in [2.45, 2.75) is 6.92 Å². The van der Waals surface area contributed by atoms with Gasteiger partial charge in [-0.2, -0.15) is 0 Å². The average molecular weight is 355 g/mol. The highest BCUT2D eigenvalue weighted by Crippen LogP contribution is 2.25. The molecule has 1 amide bonds. The van der Waals surface area contributed by atoms with Crippen LogP contribution >= 0.6 is 0 Å². The summed E-state index contributed by atoms with van der Waals surface area (Å²) in [5.41, 5.74) is 3.85. The highest BCUT2D eigenvalue weighted by Gasteiger charge is 2.05. The molecule has 132 valence electrons. The number of H-pyrrole nitrogens is 1. The molecule has 2 heterocycles. The van der Waals surface area contributed by atoms with Crippen LogP contribution in [0.3, 0.4) is 0 Å². The van der Waals surface area contributed by atoms with Gasteiger partial charge in [0, 0.05) is 33.6 Å². The zero-order valence-electron chi connectivity index (χ0n) is 14.7. The molecule has 0 saturated heterocycles. The molecule has 0 saturated carbocycles. The molecule has 2 N–H and O–H groups in total. The molecule has 0 unspecified atom stereocenters. The molecule has 4 aromatic rings. The molecule has 2 aromatic heterocycles. The third-order valence-corrected chi connectivity index (χ3v) is 4.35. The van der Waals surface area contributed by atoms with Crippen LogP contribution < -0.4 is 5.32 Å². The van der Waals surface area contributed by atoms with Gasteiger partial charge in [-0.15, -0.1) is 0 Å². The van der Waals surface area contributed by atoms with Gasteiger partial charge in [-0.25, -0.2) is 0 Å². The van der Waals surface area contributed by atoms with E-state index in [0.717, 1.165) is 21.8 Å². The summed E-state index contributed by atoms with van der Waals surface area (Å²) in [5, 5.41) is 4.94. The maximum Gasteiger partial charge on any atom is 0.248 e. The van der Waals surface area contributed by atoms with Gasteiger partial charge in [-0.05, 0) is 37.3 Å². The lowest BCUT2D eigenvalue weighted by Crippen LogP contribution is -2.08. The van der Waals surface area contributed by atoms with E-state index in [1.54, 1.807) is 36.5 Å². The van der Waals surface area contributed by atoms with E-state index in [2.05, 4.69) is 21.4 Å². The van der Waals surface area contributed by atoms with Crippen LogP contribution in [0.4, 0.5) is 5.69 Å². The lowest BCUT2D eigenvalue weighted by atomic mass is 10.1. The number of benzene rings is 2. The molecule has 5 nitrogen and oxygen atoms in total. The van der Waals surface area contributed by atoms with Crippen molar-refractivity contribution in [3.05, 3.63) is 78.1 Å². The molecule has 0 bridgehead atoms. The maximum atomic E-state index is 12.2. The van der Waals surface area contributed by atoms with Gasteiger partial charge in [0.15, 0.2) is 5.78 Å². The minimum atomic E-state index is -0.281. The Bertz CT molecular complexity index is 1200. The highest BCUT2D eigenvalue weighted by atomic mass is 16.1. The van der Waals surface area contributed by atoms with Crippen molar-refractivity contribution in [1.82, 2.24) is 9.97 Å². The summed E-state index contributed by atoms with van der Waals surface area (Å²) in [4.78, 5) is 31.3. The number of rotatable bonds is 4. The molecule has 0 fully saturated rings. The molecule has 0 atom stereocenters. The van der Waals surface area contributed by atoms with Gasteiger partial charge in [-0.1, -0.05) is 30.3 Å². The number of hydrogen-bond acceptors (Lipinski definition) is 3. The van der Waals surface area contributed by atoms with Crippen LogP contribution in [0, 0.1) is 0 Å². The van der Waals surface area contributed by atoms with Gasteiger partial charge in [0.2, 0.25) is 5.91 Å². The molecule has 0 radical (unpaired) electrons. The Morgan fingerprint density at radius 2 is 1.85 bits per heavy atom. The number of fused-ring (bicyclic) bond motifs is 3. The number of amides is 1. The van der Waals surface area contributed by atoms with Crippen molar-refractivity contribution in [2.75, 3.05) is 5.32 Å². The number of nitrogens with one attached hydrogen (secondary N) is 2. The molecule has 0 aliphatic rings. The summed E-state index contributed by atoms with van der Waals surface area (Å²) in [6, 6.07) is 16.9. The van der Waals surface area contributed by atoms with Gasteiger partial charge >= 0.3 is 0 Å². The van der Waals surface area contributed by atoms with Crippen molar-refractivity contribution >= 4 is 45.3 Å². The van der Waals surface area contributed by atoms with Gasteiger partial charge in [0.05, 0.1) is 17.4 Å². The second-order valence-corrected chi connectivity index (χ2v) is 6.28. The minimum absolute atomic E-state index is 0.0436. The summed E-state index contributed by atoms with van der Waals surface area (Å²) < 4.78 is 0. The van der Waals surface area contributed by atoms with Crippen LogP contribution in [0.2, 0.25) is 0 Å². The fourth-order valence-electron chi connectivity index (χ4n) is 3.02. The van der Waals surface area contributed by atoms with Crippen LogP contribution in [0.1, 0.15) is 23.0 Å². The summed E-state index contributed by atoms with van der Waals surface area (Å²) in [6.07, 6.45) is 4.87. The van der Waals surface area contributed by atoms with E-state index in [-0.39, 0.29) is 11.7 Å². The number of aromatic nitrogens is 2. The highest BCUT2D eigenvalue weighted by molar-refractivity contribution is 6.08. The molecule has 0 aliphatic carbocycles. The number of carbonyl (C=O) groups is 2. The molecule has 27 heavy (non-hydrogen) atoms.